The van der Waals surface area contributed by atoms with E-state index in [1.165, 1.54) is 0 Å². The molecule has 0 spiro atoms. The molecule has 0 unspecified atom stereocenters. The van der Waals surface area contributed by atoms with Gasteiger partial charge in [0.2, 0.25) is 5.91 Å². The van der Waals surface area contributed by atoms with Gasteiger partial charge in [0.15, 0.2) is 0 Å². The van der Waals surface area contributed by atoms with Gasteiger partial charge < -0.3 is 15.4 Å². The Hall–Kier alpha value is -2.01. The van der Waals surface area contributed by atoms with Gasteiger partial charge >= 0.3 is 0 Å². The fourth-order valence-electron chi connectivity index (χ4n) is 2.31. The van der Waals surface area contributed by atoms with Gasteiger partial charge in [0.05, 0.1) is 11.6 Å². The molecule has 2 rings (SSSR count). The standard InChI is InChI=1S/C19H23BrN2O2/c1-13(2)9-19(23)22-16-6-4-5-15(11-16)21-12-14-7-8-18(24-3)17(20)10-14/h4-8,10-11,13,21H,9,12H2,1-3H3,(H,22,23). The van der Waals surface area contributed by atoms with E-state index in [4.69, 9.17) is 4.74 Å². The van der Waals surface area contributed by atoms with Crippen LogP contribution in [0.1, 0.15) is 25.8 Å². The molecule has 1 amide bonds. The van der Waals surface area contributed by atoms with Gasteiger partial charge in [-0.3, -0.25) is 4.79 Å². The number of methoxy groups -OCH3 is 1. The zero-order chi connectivity index (χ0) is 17.5. The van der Waals surface area contributed by atoms with E-state index in [0.717, 1.165) is 27.2 Å². The largest absolute Gasteiger partial charge is 0.496 e. The predicted octanol–water partition coefficient (Wildman–Crippen LogP) is 5.05. The number of hydrogen-bond acceptors (Lipinski definition) is 3. The molecule has 0 aromatic heterocycles. The van der Waals surface area contributed by atoms with Crippen LogP contribution in [-0.4, -0.2) is 13.0 Å². The molecule has 0 fully saturated rings. The third-order valence-electron chi connectivity index (χ3n) is 3.45. The van der Waals surface area contributed by atoms with Crippen LogP contribution in [0.25, 0.3) is 0 Å². The number of benzene rings is 2. The van der Waals surface area contributed by atoms with Crippen molar-refractivity contribution in [1.29, 1.82) is 0 Å². The second-order valence-corrected chi connectivity index (χ2v) is 6.90. The zero-order valence-electron chi connectivity index (χ0n) is 14.2. The summed E-state index contributed by atoms with van der Waals surface area (Å²) in [7, 11) is 1.65. The van der Waals surface area contributed by atoms with Crippen LogP contribution in [0.3, 0.4) is 0 Å². The van der Waals surface area contributed by atoms with Gasteiger partial charge in [-0.15, -0.1) is 0 Å². The van der Waals surface area contributed by atoms with Gasteiger partial charge in [-0.2, -0.15) is 0 Å². The molecule has 4 nitrogen and oxygen atoms in total. The summed E-state index contributed by atoms with van der Waals surface area (Å²) >= 11 is 3.49. The minimum Gasteiger partial charge on any atom is -0.496 e. The number of carbonyl (C=O) groups excluding carboxylic acids is 1. The first kappa shape index (κ1) is 18.3. The number of rotatable bonds is 7. The molecule has 0 aliphatic heterocycles. The topological polar surface area (TPSA) is 50.4 Å². The maximum atomic E-state index is 11.9. The van der Waals surface area contributed by atoms with Crippen molar-refractivity contribution in [3.63, 3.8) is 0 Å². The zero-order valence-corrected chi connectivity index (χ0v) is 15.8. The molecular formula is C19H23BrN2O2. The molecule has 0 heterocycles. The van der Waals surface area contributed by atoms with Crippen LogP contribution in [0.5, 0.6) is 5.75 Å². The third-order valence-corrected chi connectivity index (χ3v) is 4.07. The van der Waals surface area contributed by atoms with Crippen LogP contribution in [0.4, 0.5) is 11.4 Å². The normalized spacial score (nSPS) is 10.5. The summed E-state index contributed by atoms with van der Waals surface area (Å²) in [6.07, 6.45) is 0.525. The highest BCUT2D eigenvalue weighted by Gasteiger charge is 2.06. The first-order valence-corrected chi connectivity index (χ1v) is 8.73. The van der Waals surface area contributed by atoms with Crippen LogP contribution in [-0.2, 0) is 11.3 Å². The van der Waals surface area contributed by atoms with E-state index in [-0.39, 0.29) is 5.91 Å². The van der Waals surface area contributed by atoms with Crippen molar-refractivity contribution < 1.29 is 9.53 Å². The van der Waals surface area contributed by atoms with E-state index in [2.05, 4.69) is 26.6 Å². The third kappa shape index (κ3) is 5.57. The van der Waals surface area contributed by atoms with Gasteiger partial charge in [-0.25, -0.2) is 0 Å². The molecule has 5 heteroatoms. The summed E-state index contributed by atoms with van der Waals surface area (Å²) in [5.41, 5.74) is 2.91. The summed E-state index contributed by atoms with van der Waals surface area (Å²) in [6.45, 7) is 4.75. The molecule has 0 saturated carbocycles. The average Bonchev–Trinajstić information content (AvgIpc) is 2.52. The van der Waals surface area contributed by atoms with Gasteiger partial charge in [-0.05, 0) is 57.7 Å². The van der Waals surface area contributed by atoms with E-state index in [0.29, 0.717) is 18.9 Å². The van der Waals surface area contributed by atoms with Crippen LogP contribution < -0.4 is 15.4 Å². The number of amides is 1. The molecule has 0 saturated heterocycles. The highest BCUT2D eigenvalue weighted by molar-refractivity contribution is 9.10. The van der Waals surface area contributed by atoms with Crippen LogP contribution in [0.2, 0.25) is 0 Å². The van der Waals surface area contributed by atoms with Crippen LogP contribution in [0.15, 0.2) is 46.9 Å². The number of nitrogens with one attached hydrogen (secondary N) is 2. The maximum absolute atomic E-state index is 11.9. The molecule has 2 aromatic carbocycles. The molecular weight excluding hydrogens is 368 g/mol. The van der Waals surface area contributed by atoms with Gasteiger partial charge in [0.25, 0.3) is 0 Å². The smallest absolute Gasteiger partial charge is 0.224 e. The lowest BCUT2D eigenvalue weighted by Crippen LogP contribution is -2.13. The van der Waals surface area contributed by atoms with E-state index in [9.17, 15) is 4.79 Å². The first-order chi connectivity index (χ1) is 11.5. The summed E-state index contributed by atoms with van der Waals surface area (Å²) in [4.78, 5) is 11.9. The van der Waals surface area contributed by atoms with Crippen molar-refractivity contribution in [2.24, 2.45) is 5.92 Å². The molecule has 2 N–H and O–H groups in total. The lowest BCUT2D eigenvalue weighted by Gasteiger charge is -2.11. The van der Waals surface area contributed by atoms with Gasteiger partial charge in [0, 0.05) is 24.3 Å². The number of halogens is 1. The fraction of sp³-hybridized carbons (Fsp3) is 0.316. The molecule has 0 atom stereocenters. The van der Waals surface area contributed by atoms with Crippen molar-refractivity contribution >= 4 is 33.2 Å². The summed E-state index contributed by atoms with van der Waals surface area (Å²) in [5, 5.41) is 6.30. The monoisotopic (exact) mass is 390 g/mol. The van der Waals surface area contributed by atoms with Crippen molar-refractivity contribution in [3.8, 4) is 5.75 Å². The molecule has 0 aliphatic carbocycles. The molecule has 0 radical (unpaired) electrons. The minimum absolute atomic E-state index is 0.0428. The van der Waals surface area contributed by atoms with E-state index >= 15 is 0 Å². The van der Waals surface area contributed by atoms with Crippen LogP contribution >= 0.6 is 15.9 Å². The SMILES string of the molecule is COc1ccc(CNc2cccc(NC(=O)CC(C)C)c2)cc1Br. The maximum Gasteiger partial charge on any atom is 0.224 e. The number of ether oxygens (including phenoxy) is 1. The number of carbonyl (C=O) groups is 1. The van der Waals surface area contributed by atoms with E-state index < -0.39 is 0 Å². The van der Waals surface area contributed by atoms with Crippen molar-refractivity contribution in [2.75, 3.05) is 17.7 Å². The Labute approximate surface area is 151 Å². The Balaban J connectivity index is 1.97. The second kappa shape index (κ2) is 8.73. The Kier molecular flexibility index (Phi) is 6.67. The van der Waals surface area contributed by atoms with Gasteiger partial charge in [0.1, 0.15) is 5.75 Å². The quantitative estimate of drug-likeness (QED) is 0.694. The Morgan fingerprint density at radius 2 is 1.92 bits per heavy atom. The number of anilines is 2. The van der Waals surface area contributed by atoms with Crippen molar-refractivity contribution in [1.82, 2.24) is 0 Å². The highest BCUT2D eigenvalue weighted by Crippen LogP contribution is 2.26. The van der Waals surface area contributed by atoms with E-state index in [1.807, 2.05) is 56.3 Å². The lowest BCUT2D eigenvalue weighted by molar-refractivity contribution is -0.116. The summed E-state index contributed by atoms with van der Waals surface area (Å²) in [5.74, 6) is 1.20. The van der Waals surface area contributed by atoms with Gasteiger partial charge in [-0.1, -0.05) is 26.0 Å². The van der Waals surface area contributed by atoms with Crippen molar-refractivity contribution in [2.45, 2.75) is 26.8 Å². The highest BCUT2D eigenvalue weighted by atomic mass is 79.9. The van der Waals surface area contributed by atoms with E-state index in [1.54, 1.807) is 7.11 Å². The predicted molar refractivity (Wildman–Crippen MR) is 103 cm³/mol. The summed E-state index contributed by atoms with van der Waals surface area (Å²) in [6, 6.07) is 13.7. The minimum atomic E-state index is 0.0428. The average molecular weight is 391 g/mol. The molecule has 128 valence electrons. The molecule has 24 heavy (non-hydrogen) atoms. The fourth-order valence-corrected chi connectivity index (χ4v) is 2.90. The Bertz CT molecular complexity index is 702. The summed E-state index contributed by atoms with van der Waals surface area (Å²) < 4.78 is 6.16. The molecule has 2 aromatic rings. The number of hydrogen-bond donors (Lipinski definition) is 2. The second-order valence-electron chi connectivity index (χ2n) is 6.05. The van der Waals surface area contributed by atoms with Crippen molar-refractivity contribution in [3.05, 3.63) is 52.5 Å². The lowest BCUT2D eigenvalue weighted by atomic mass is 10.1. The Morgan fingerprint density at radius 1 is 1.17 bits per heavy atom. The first-order valence-electron chi connectivity index (χ1n) is 7.94. The molecule has 0 bridgehead atoms. The Morgan fingerprint density at radius 3 is 2.58 bits per heavy atom. The van der Waals surface area contributed by atoms with Crippen LogP contribution in [0, 0.1) is 5.92 Å². The molecule has 0 aliphatic rings.